The molecule has 1 saturated heterocycles. The molecule has 1 aliphatic rings. The number of furan rings is 1. The zero-order valence-corrected chi connectivity index (χ0v) is 11.5. The first-order chi connectivity index (χ1) is 9.54. The first-order valence-electron chi connectivity index (χ1n) is 6.84. The summed E-state index contributed by atoms with van der Waals surface area (Å²) in [6.45, 7) is 3.06. The zero-order chi connectivity index (χ0) is 14.5. The van der Waals surface area contributed by atoms with Gasteiger partial charge in [0.2, 0.25) is 0 Å². The molecule has 0 radical (unpaired) electrons. The fourth-order valence-electron chi connectivity index (χ4n) is 2.51. The van der Waals surface area contributed by atoms with Gasteiger partial charge in [-0.3, -0.25) is 4.79 Å². The second-order valence-electron chi connectivity index (χ2n) is 5.33. The van der Waals surface area contributed by atoms with E-state index < -0.39 is 5.97 Å². The van der Waals surface area contributed by atoms with Gasteiger partial charge in [-0.1, -0.05) is 0 Å². The first kappa shape index (κ1) is 14.4. The van der Waals surface area contributed by atoms with Crippen molar-refractivity contribution in [2.45, 2.75) is 32.2 Å². The molecule has 6 nitrogen and oxygen atoms in total. The lowest BCUT2D eigenvalue weighted by molar-refractivity contribution is -0.138. The Morgan fingerprint density at radius 2 is 2.40 bits per heavy atom. The highest BCUT2D eigenvalue weighted by atomic mass is 16.4. The average molecular weight is 280 g/mol. The van der Waals surface area contributed by atoms with Crippen molar-refractivity contribution in [3.05, 3.63) is 24.2 Å². The second-order valence-corrected chi connectivity index (χ2v) is 5.33. The Kier molecular flexibility index (Phi) is 4.65. The second kappa shape index (κ2) is 6.45. The Morgan fingerprint density at radius 1 is 1.60 bits per heavy atom. The molecule has 20 heavy (non-hydrogen) atoms. The number of carbonyl (C=O) groups excluding carboxylic acids is 1. The number of carbonyl (C=O) groups is 2. The highest BCUT2D eigenvalue weighted by molar-refractivity contribution is 5.75. The summed E-state index contributed by atoms with van der Waals surface area (Å²) in [4.78, 5) is 24.4. The minimum Gasteiger partial charge on any atom is -0.481 e. The van der Waals surface area contributed by atoms with Gasteiger partial charge in [0.05, 0.1) is 6.26 Å². The van der Waals surface area contributed by atoms with Crippen molar-refractivity contribution < 1.29 is 19.1 Å². The molecular weight excluding hydrogens is 260 g/mol. The van der Waals surface area contributed by atoms with Gasteiger partial charge in [0, 0.05) is 32.0 Å². The molecule has 2 N–H and O–H groups in total. The third-order valence-corrected chi connectivity index (χ3v) is 3.49. The normalized spacial score (nSPS) is 19.9. The topological polar surface area (TPSA) is 82.8 Å². The fourth-order valence-corrected chi connectivity index (χ4v) is 2.51. The van der Waals surface area contributed by atoms with E-state index in [1.54, 1.807) is 11.2 Å². The number of carboxylic acids is 1. The molecule has 2 unspecified atom stereocenters. The maximum Gasteiger partial charge on any atom is 0.317 e. The molecule has 2 rings (SSSR count). The van der Waals surface area contributed by atoms with Gasteiger partial charge in [0.25, 0.3) is 0 Å². The number of nitrogens with one attached hydrogen (secondary N) is 1. The molecule has 2 heterocycles. The standard InChI is InChI=1S/C14H20N2O4/c1-10(7-12-3-2-6-20-12)15-14(19)16-5-4-11(9-16)8-13(17)18/h2-3,6,10-11H,4-5,7-9H2,1H3,(H,15,19)(H,17,18). The van der Waals surface area contributed by atoms with E-state index in [0.29, 0.717) is 19.5 Å². The van der Waals surface area contributed by atoms with E-state index in [9.17, 15) is 9.59 Å². The van der Waals surface area contributed by atoms with Crippen LogP contribution in [0.1, 0.15) is 25.5 Å². The molecule has 2 atom stereocenters. The summed E-state index contributed by atoms with van der Waals surface area (Å²) >= 11 is 0. The van der Waals surface area contributed by atoms with Crippen LogP contribution in [-0.4, -0.2) is 41.1 Å². The quantitative estimate of drug-likeness (QED) is 0.860. The third kappa shape index (κ3) is 4.01. The molecule has 0 bridgehead atoms. The van der Waals surface area contributed by atoms with E-state index >= 15 is 0 Å². The lowest BCUT2D eigenvalue weighted by Crippen LogP contribution is -2.43. The van der Waals surface area contributed by atoms with Crippen molar-refractivity contribution in [1.82, 2.24) is 10.2 Å². The van der Waals surface area contributed by atoms with Gasteiger partial charge in [-0.05, 0) is 31.4 Å². The lowest BCUT2D eigenvalue weighted by atomic mass is 10.1. The molecule has 0 aromatic carbocycles. The molecule has 110 valence electrons. The van der Waals surface area contributed by atoms with Crippen LogP contribution in [0.25, 0.3) is 0 Å². The molecule has 6 heteroatoms. The monoisotopic (exact) mass is 280 g/mol. The van der Waals surface area contributed by atoms with Crippen molar-refractivity contribution in [3.8, 4) is 0 Å². The molecule has 1 fully saturated rings. The van der Waals surface area contributed by atoms with E-state index in [1.165, 1.54) is 0 Å². The minimum absolute atomic E-state index is 0.0211. The van der Waals surface area contributed by atoms with E-state index in [4.69, 9.17) is 9.52 Å². The summed E-state index contributed by atoms with van der Waals surface area (Å²) in [5, 5.41) is 11.7. The minimum atomic E-state index is -0.802. The first-order valence-corrected chi connectivity index (χ1v) is 6.84. The van der Waals surface area contributed by atoms with Gasteiger partial charge in [-0.2, -0.15) is 0 Å². The number of rotatable bonds is 5. The Morgan fingerprint density at radius 3 is 3.05 bits per heavy atom. The molecular formula is C14H20N2O4. The Bertz CT molecular complexity index is 458. The molecule has 1 aliphatic heterocycles. The number of amides is 2. The van der Waals surface area contributed by atoms with Gasteiger partial charge in [-0.15, -0.1) is 0 Å². The molecule has 0 spiro atoms. The van der Waals surface area contributed by atoms with Crippen LogP contribution in [0.15, 0.2) is 22.8 Å². The van der Waals surface area contributed by atoms with Gasteiger partial charge in [0.15, 0.2) is 0 Å². The fraction of sp³-hybridized carbons (Fsp3) is 0.571. The largest absolute Gasteiger partial charge is 0.481 e. The summed E-state index contributed by atoms with van der Waals surface area (Å²) in [6.07, 6.45) is 3.14. The van der Waals surface area contributed by atoms with Gasteiger partial charge >= 0.3 is 12.0 Å². The molecule has 0 aliphatic carbocycles. The van der Waals surface area contributed by atoms with Crippen LogP contribution < -0.4 is 5.32 Å². The number of carboxylic acid groups (broad SMARTS) is 1. The summed E-state index contributed by atoms with van der Waals surface area (Å²) in [6, 6.07) is 3.55. The van der Waals surface area contributed by atoms with Crippen LogP contribution in [0.4, 0.5) is 4.79 Å². The number of nitrogens with zero attached hydrogens (tertiary/aromatic N) is 1. The van der Waals surface area contributed by atoms with Crippen LogP contribution >= 0.6 is 0 Å². The lowest BCUT2D eigenvalue weighted by Gasteiger charge is -2.20. The highest BCUT2D eigenvalue weighted by Crippen LogP contribution is 2.19. The van der Waals surface area contributed by atoms with Crippen molar-refractivity contribution in [2.24, 2.45) is 5.92 Å². The van der Waals surface area contributed by atoms with Crippen molar-refractivity contribution in [1.29, 1.82) is 0 Å². The Balaban J connectivity index is 1.76. The van der Waals surface area contributed by atoms with Crippen LogP contribution in [-0.2, 0) is 11.2 Å². The van der Waals surface area contributed by atoms with Crippen LogP contribution in [0.2, 0.25) is 0 Å². The Labute approximate surface area is 117 Å². The highest BCUT2D eigenvalue weighted by Gasteiger charge is 2.28. The molecule has 2 amide bonds. The third-order valence-electron chi connectivity index (χ3n) is 3.49. The van der Waals surface area contributed by atoms with Crippen LogP contribution in [0.3, 0.4) is 0 Å². The van der Waals surface area contributed by atoms with Gasteiger partial charge in [0.1, 0.15) is 5.76 Å². The maximum atomic E-state index is 12.1. The van der Waals surface area contributed by atoms with E-state index in [1.807, 2.05) is 19.1 Å². The zero-order valence-electron chi connectivity index (χ0n) is 11.5. The molecule has 0 saturated carbocycles. The van der Waals surface area contributed by atoms with Crippen molar-refractivity contribution >= 4 is 12.0 Å². The predicted molar refractivity (Wildman–Crippen MR) is 72.3 cm³/mol. The van der Waals surface area contributed by atoms with Crippen LogP contribution in [0, 0.1) is 5.92 Å². The van der Waals surface area contributed by atoms with Gasteiger partial charge in [-0.25, -0.2) is 4.79 Å². The maximum absolute atomic E-state index is 12.1. The summed E-state index contributed by atoms with van der Waals surface area (Å²) in [7, 11) is 0. The molecule has 1 aromatic rings. The molecule has 1 aromatic heterocycles. The number of hydrogen-bond donors (Lipinski definition) is 2. The van der Waals surface area contributed by atoms with Crippen molar-refractivity contribution in [3.63, 3.8) is 0 Å². The SMILES string of the molecule is CC(Cc1ccco1)NC(=O)N1CCC(CC(=O)O)C1. The van der Waals surface area contributed by atoms with E-state index in [2.05, 4.69) is 5.32 Å². The smallest absolute Gasteiger partial charge is 0.317 e. The summed E-state index contributed by atoms with van der Waals surface area (Å²) < 4.78 is 5.24. The Hall–Kier alpha value is -1.98. The average Bonchev–Trinajstić information content (AvgIpc) is 2.99. The number of urea groups is 1. The van der Waals surface area contributed by atoms with E-state index in [-0.39, 0.29) is 24.4 Å². The van der Waals surface area contributed by atoms with Gasteiger partial charge < -0.3 is 19.7 Å². The summed E-state index contributed by atoms with van der Waals surface area (Å²) in [5.41, 5.74) is 0. The predicted octanol–water partition coefficient (Wildman–Crippen LogP) is 1.72. The summed E-state index contributed by atoms with van der Waals surface area (Å²) in [5.74, 6) is 0.102. The number of aliphatic carboxylic acids is 1. The van der Waals surface area contributed by atoms with E-state index in [0.717, 1.165) is 12.2 Å². The number of hydrogen-bond acceptors (Lipinski definition) is 3. The number of likely N-dealkylation sites (tertiary alicyclic amines) is 1. The van der Waals surface area contributed by atoms with Crippen LogP contribution in [0.5, 0.6) is 0 Å². The van der Waals surface area contributed by atoms with Crippen molar-refractivity contribution in [2.75, 3.05) is 13.1 Å².